The highest BCUT2D eigenvalue weighted by atomic mass is 35.5. The highest BCUT2D eigenvalue weighted by molar-refractivity contribution is 6.31. The fraction of sp³-hybridized carbons (Fsp3) is 0.500. The van der Waals surface area contributed by atoms with E-state index in [9.17, 15) is 22.8 Å². The fourth-order valence-electron chi connectivity index (χ4n) is 2.65. The first-order valence-corrected chi connectivity index (χ1v) is 8.30. The summed E-state index contributed by atoms with van der Waals surface area (Å²) in [5, 5.41) is 2.09. The zero-order valence-electron chi connectivity index (χ0n) is 13.7. The molecule has 2 amide bonds. The van der Waals surface area contributed by atoms with Gasteiger partial charge in [-0.05, 0) is 24.6 Å². The number of hydrogen-bond donors (Lipinski definition) is 1. The quantitative estimate of drug-likeness (QED) is 0.876. The van der Waals surface area contributed by atoms with E-state index in [1.165, 1.54) is 6.07 Å². The molecule has 1 fully saturated rings. The maximum atomic E-state index is 12.5. The third-order valence-corrected chi connectivity index (χ3v) is 4.14. The first-order valence-electron chi connectivity index (χ1n) is 7.92. The second-order valence-electron chi connectivity index (χ2n) is 5.73. The summed E-state index contributed by atoms with van der Waals surface area (Å²) < 4.78 is 37.6. The van der Waals surface area contributed by atoms with E-state index in [-0.39, 0.29) is 16.6 Å². The van der Waals surface area contributed by atoms with Gasteiger partial charge in [0.1, 0.15) is 0 Å². The summed E-state index contributed by atoms with van der Waals surface area (Å²) in [4.78, 5) is 26.7. The van der Waals surface area contributed by atoms with Gasteiger partial charge in [0.15, 0.2) is 0 Å². The van der Waals surface area contributed by atoms with Gasteiger partial charge >= 0.3 is 12.1 Å². The summed E-state index contributed by atoms with van der Waals surface area (Å²) in [6.45, 7) is 3.82. The van der Waals surface area contributed by atoms with Crippen molar-refractivity contribution in [2.24, 2.45) is 0 Å². The normalized spacial score (nSPS) is 15.2. The van der Waals surface area contributed by atoms with Crippen LogP contribution in [0.2, 0.25) is 5.02 Å². The molecule has 0 saturated carbocycles. The van der Waals surface area contributed by atoms with Crippen molar-refractivity contribution in [1.82, 2.24) is 4.90 Å². The number of rotatable bonds is 4. The van der Waals surface area contributed by atoms with Crippen LogP contribution in [0, 0.1) is 0 Å². The number of anilines is 2. The predicted molar refractivity (Wildman–Crippen MR) is 89.8 cm³/mol. The minimum atomic E-state index is -4.98. The van der Waals surface area contributed by atoms with Crippen molar-refractivity contribution in [2.45, 2.75) is 25.9 Å². The van der Waals surface area contributed by atoms with E-state index in [2.05, 4.69) is 0 Å². The average molecular weight is 378 g/mol. The predicted octanol–water partition coefficient (Wildman–Crippen LogP) is 3.29. The Morgan fingerprint density at radius 3 is 2.40 bits per heavy atom. The molecule has 1 N–H and O–H groups in total. The lowest BCUT2D eigenvalue weighted by atomic mass is 10.2. The number of benzene rings is 1. The van der Waals surface area contributed by atoms with Crippen LogP contribution in [0.15, 0.2) is 18.2 Å². The number of amides is 2. The lowest BCUT2D eigenvalue weighted by molar-refractivity contribution is -0.167. The standard InChI is InChI=1S/C16H19ClF3N3O2/c1-2-3-14(24)23-8-6-22(7-9-23)13-5-4-11(17)10-12(13)21-15(25)16(18,19)20/h4-5,10H,2-3,6-9H2,1H3,(H,21,25). The summed E-state index contributed by atoms with van der Waals surface area (Å²) in [5.74, 6) is -1.98. The average Bonchev–Trinajstić information content (AvgIpc) is 2.54. The third kappa shape index (κ3) is 5.01. The fourth-order valence-corrected chi connectivity index (χ4v) is 2.82. The van der Waals surface area contributed by atoms with E-state index in [4.69, 9.17) is 11.6 Å². The van der Waals surface area contributed by atoms with E-state index in [1.807, 2.05) is 17.1 Å². The van der Waals surface area contributed by atoms with Gasteiger partial charge in [-0.15, -0.1) is 0 Å². The Morgan fingerprint density at radius 2 is 1.84 bits per heavy atom. The minimum Gasteiger partial charge on any atom is -0.366 e. The molecule has 0 unspecified atom stereocenters. The number of piperazine rings is 1. The molecule has 0 atom stereocenters. The van der Waals surface area contributed by atoms with Gasteiger partial charge in [-0.1, -0.05) is 18.5 Å². The second kappa shape index (κ2) is 7.95. The van der Waals surface area contributed by atoms with Gasteiger partial charge in [-0.3, -0.25) is 9.59 Å². The molecule has 1 aromatic carbocycles. The molecular formula is C16H19ClF3N3O2. The number of carbonyl (C=O) groups excluding carboxylic acids is 2. The van der Waals surface area contributed by atoms with Gasteiger partial charge in [0.25, 0.3) is 0 Å². The van der Waals surface area contributed by atoms with Crippen molar-refractivity contribution in [3.05, 3.63) is 23.2 Å². The minimum absolute atomic E-state index is 0.00293. The van der Waals surface area contributed by atoms with Gasteiger partial charge in [0.05, 0.1) is 11.4 Å². The van der Waals surface area contributed by atoms with Crippen LogP contribution in [0.5, 0.6) is 0 Å². The molecule has 0 aromatic heterocycles. The maximum absolute atomic E-state index is 12.5. The van der Waals surface area contributed by atoms with Gasteiger partial charge < -0.3 is 15.1 Å². The van der Waals surface area contributed by atoms with Crippen LogP contribution in [-0.4, -0.2) is 49.1 Å². The molecule has 5 nitrogen and oxygen atoms in total. The van der Waals surface area contributed by atoms with Gasteiger partial charge in [0, 0.05) is 37.6 Å². The van der Waals surface area contributed by atoms with Gasteiger partial charge in [-0.2, -0.15) is 13.2 Å². The van der Waals surface area contributed by atoms with E-state index < -0.39 is 12.1 Å². The molecule has 1 heterocycles. The molecule has 1 aliphatic heterocycles. The Morgan fingerprint density at radius 1 is 1.20 bits per heavy atom. The van der Waals surface area contributed by atoms with E-state index in [1.54, 1.807) is 17.0 Å². The van der Waals surface area contributed by atoms with Crippen LogP contribution in [0.25, 0.3) is 0 Å². The number of halogens is 4. The van der Waals surface area contributed by atoms with Crippen molar-refractivity contribution in [2.75, 3.05) is 36.4 Å². The summed E-state index contributed by atoms with van der Waals surface area (Å²) in [7, 11) is 0. The van der Waals surface area contributed by atoms with E-state index in [0.29, 0.717) is 38.3 Å². The number of nitrogens with one attached hydrogen (secondary N) is 1. The molecule has 2 rings (SSSR count). The number of alkyl halides is 3. The van der Waals surface area contributed by atoms with Gasteiger partial charge in [0.2, 0.25) is 5.91 Å². The highest BCUT2D eigenvalue weighted by Crippen LogP contribution is 2.31. The molecule has 0 aliphatic carbocycles. The number of nitrogens with zero attached hydrogens (tertiary/aromatic N) is 2. The zero-order valence-corrected chi connectivity index (χ0v) is 14.5. The molecule has 0 radical (unpaired) electrons. The van der Waals surface area contributed by atoms with Crippen LogP contribution in [0.3, 0.4) is 0 Å². The summed E-state index contributed by atoms with van der Waals surface area (Å²) >= 11 is 5.85. The van der Waals surface area contributed by atoms with Crippen molar-refractivity contribution in [3.63, 3.8) is 0 Å². The Kier molecular flexibility index (Phi) is 6.16. The molecule has 9 heteroatoms. The third-order valence-electron chi connectivity index (χ3n) is 3.90. The lowest BCUT2D eigenvalue weighted by Gasteiger charge is -2.37. The zero-order chi connectivity index (χ0) is 18.6. The summed E-state index contributed by atoms with van der Waals surface area (Å²) in [6, 6.07) is 4.40. The van der Waals surface area contributed by atoms with Gasteiger partial charge in [-0.25, -0.2) is 0 Å². The molecule has 138 valence electrons. The summed E-state index contributed by atoms with van der Waals surface area (Å²) in [5.41, 5.74) is 0.452. The first-order chi connectivity index (χ1) is 11.7. The largest absolute Gasteiger partial charge is 0.471 e. The van der Waals surface area contributed by atoms with E-state index >= 15 is 0 Å². The van der Waals surface area contributed by atoms with Crippen LogP contribution in [0.4, 0.5) is 24.5 Å². The van der Waals surface area contributed by atoms with Crippen molar-refractivity contribution >= 4 is 34.8 Å². The number of carbonyl (C=O) groups is 2. The van der Waals surface area contributed by atoms with Crippen molar-refractivity contribution in [1.29, 1.82) is 0 Å². The first kappa shape index (κ1) is 19.4. The SMILES string of the molecule is CCCC(=O)N1CCN(c2ccc(Cl)cc2NC(=O)C(F)(F)F)CC1. The second-order valence-corrected chi connectivity index (χ2v) is 6.17. The molecule has 0 bridgehead atoms. The van der Waals surface area contributed by atoms with Crippen LogP contribution in [0.1, 0.15) is 19.8 Å². The molecule has 25 heavy (non-hydrogen) atoms. The molecule has 0 spiro atoms. The highest BCUT2D eigenvalue weighted by Gasteiger charge is 2.39. The monoisotopic (exact) mass is 377 g/mol. The molecule has 1 aliphatic rings. The number of hydrogen-bond acceptors (Lipinski definition) is 3. The Balaban J connectivity index is 2.12. The molecule has 1 aromatic rings. The molecule has 1 saturated heterocycles. The van der Waals surface area contributed by atoms with Crippen LogP contribution in [-0.2, 0) is 9.59 Å². The van der Waals surface area contributed by atoms with E-state index in [0.717, 1.165) is 6.42 Å². The Hall–Kier alpha value is -1.96. The van der Waals surface area contributed by atoms with Crippen molar-refractivity contribution < 1.29 is 22.8 Å². The van der Waals surface area contributed by atoms with Crippen LogP contribution < -0.4 is 10.2 Å². The summed E-state index contributed by atoms with van der Waals surface area (Å²) in [6.07, 6.45) is -3.73. The Bertz CT molecular complexity index is 644. The van der Waals surface area contributed by atoms with Crippen LogP contribution >= 0.6 is 11.6 Å². The lowest BCUT2D eigenvalue weighted by Crippen LogP contribution is -2.49. The maximum Gasteiger partial charge on any atom is 0.471 e. The molecular weight excluding hydrogens is 359 g/mol. The topological polar surface area (TPSA) is 52.7 Å². The smallest absolute Gasteiger partial charge is 0.366 e. The Labute approximate surface area is 148 Å². The van der Waals surface area contributed by atoms with Crippen molar-refractivity contribution in [3.8, 4) is 0 Å².